The van der Waals surface area contributed by atoms with Gasteiger partial charge in [-0.25, -0.2) is 8.42 Å². The van der Waals surface area contributed by atoms with Gasteiger partial charge in [0.1, 0.15) is 5.75 Å². The Morgan fingerprint density at radius 3 is 2.38 bits per heavy atom. The Hall–Kier alpha value is -2.18. The first-order valence-corrected chi connectivity index (χ1v) is 9.32. The molecule has 0 bridgehead atoms. The summed E-state index contributed by atoms with van der Waals surface area (Å²) in [5.41, 5.74) is 1.56. The topological polar surface area (TPSA) is 59.0 Å². The number of benzene rings is 2. The second-order valence-electron chi connectivity index (χ2n) is 5.61. The van der Waals surface area contributed by atoms with Crippen molar-refractivity contribution in [2.45, 2.75) is 17.7 Å². The maximum Gasteiger partial charge on any atom is 0.243 e. The van der Waals surface area contributed by atoms with E-state index in [9.17, 15) is 8.42 Å². The summed E-state index contributed by atoms with van der Waals surface area (Å²) in [5, 5.41) is 0. The third kappa shape index (κ3) is 3.49. The molecule has 24 heavy (non-hydrogen) atoms. The zero-order chi connectivity index (χ0) is 17.0. The maximum absolute atomic E-state index is 12.5. The summed E-state index contributed by atoms with van der Waals surface area (Å²) in [6.07, 6.45) is 3.57. The first kappa shape index (κ1) is 16.7. The zero-order valence-electron chi connectivity index (χ0n) is 13.6. The van der Waals surface area contributed by atoms with Crippen LogP contribution in [0.5, 0.6) is 5.75 Å². The first-order chi connectivity index (χ1) is 11.6. The lowest BCUT2D eigenvalue weighted by Crippen LogP contribution is -2.27. The minimum Gasteiger partial charge on any atom is -0.496 e. The molecule has 126 valence electrons. The van der Waals surface area contributed by atoms with E-state index < -0.39 is 10.0 Å². The van der Waals surface area contributed by atoms with Crippen LogP contribution in [0.4, 0.5) is 5.69 Å². The molecule has 0 atom stereocenters. The number of methoxy groups -OCH3 is 1. The van der Waals surface area contributed by atoms with Gasteiger partial charge >= 0.3 is 0 Å². The largest absolute Gasteiger partial charge is 0.496 e. The number of aliphatic imine (C=N–C) groups is 1. The zero-order valence-corrected chi connectivity index (χ0v) is 14.4. The Morgan fingerprint density at radius 1 is 1.04 bits per heavy atom. The van der Waals surface area contributed by atoms with Gasteiger partial charge in [0.05, 0.1) is 17.7 Å². The van der Waals surface area contributed by atoms with Crippen LogP contribution in [-0.4, -0.2) is 39.1 Å². The predicted octanol–water partition coefficient (Wildman–Crippen LogP) is 3.23. The summed E-state index contributed by atoms with van der Waals surface area (Å²) in [6.45, 7) is 1.21. The minimum atomic E-state index is -3.37. The average Bonchev–Trinajstić information content (AvgIpc) is 3.16. The molecule has 0 radical (unpaired) electrons. The van der Waals surface area contributed by atoms with Crippen LogP contribution in [0, 0.1) is 0 Å². The van der Waals surface area contributed by atoms with Crippen LogP contribution in [0.2, 0.25) is 0 Å². The van der Waals surface area contributed by atoms with Gasteiger partial charge in [-0.2, -0.15) is 4.31 Å². The molecule has 1 aliphatic rings. The van der Waals surface area contributed by atoms with Gasteiger partial charge in [0.25, 0.3) is 0 Å². The molecule has 1 fully saturated rings. The number of rotatable bonds is 5. The molecule has 0 amide bonds. The lowest BCUT2D eigenvalue weighted by molar-refractivity contribution is 0.414. The van der Waals surface area contributed by atoms with Crippen molar-refractivity contribution < 1.29 is 13.2 Å². The third-order valence-corrected chi connectivity index (χ3v) is 5.94. The van der Waals surface area contributed by atoms with Crippen molar-refractivity contribution >= 4 is 21.9 Å². The average molecular weight is 344 g/mol. The van der Waals surface area contributed by atoms with Gasteiger partial charge in [-0.15, -0.1) is 0 Å². The highest BCUT2D eigenvalue weighted by Crippen LogP contribution is 2.23. The Balaban J connectivity index is 1.78. The summed E-state index contributed by atoms with van der Waals surface area (Å²) in [5.74, 6) is 0.745. The van der Waals surface area contributed by atoms with Crippen molar-refractivity contribution in [3.8, 4) is 5.75 Å². The molecular weight excluding hydrogens is 324 g/mol. The molecule has 5 nitrogen and oxygen atoms in total. The summed E-state index contributed by atoms with van der Waals surface area (Å²) in [6, 6.07) is 14.3. The van der Waals surface area contributed by atoms with Crippen LogP contribution in [0.25, 0.3) is 0 Å². The van der Waals surface area contributed by atoms with E-state index in [2.05, 4.69) is 4.99 Å². The highest BCUT2D eigenvalue weighted by molar-refractivity contribution is 7.89. The standard InChI is InChI=1S/C18H20N2O3S/c1-23-18-7-3-2-6-15(18)14-19-16-8-10-17(11-9-16)24(21,22)20-12-4-5-13-20/h2-3,6-11,14H,4-5,12-13H2,1H3. The quantitative estimate of drug-likeness (QED) is 0.783. The van der Waals surface area contributed by atoms with Gasteiger partial charge in [0.2, 0.25) is 10.0 Å². The smallest absolute Gasteiger partial charge is 0.243 e. The van der Waals surface area contributed by atoms with Gasteiger partial charge < -0.3 is 4.74 Å². The van der Waals surface area contributed by atoms with E-state index in [-0.39, 0.29) is 0 Å². The number of hydrogen-bond acceptors (Lipinski definition) is 4. The fourth-order valence-corrected chi connectivity index (χ4v) is 4.22. The van der Waals surface area contributed by atoms with E-state index >= 15 is 0 Å². The van der Waals surface area contributed by atoms with E-state index in [0.29, 0.717) is 23.7 Å². The molecule has 2 aromatic carbocycles. The maximum atomic E-state index is 12.5. The van der Waals surface area contributed by atoms with E-state index in [1.54, 1.807) is 41.9 Å². The second kappa shape index (κ2) is 7.15. The number of para-hydroxylation sites is 1. The summed E-state index contributed by atoms with van der Waals surface area (Å²) in [4.78, 5) is 4.71. The molecule has 1 heterocycles. The van der Waals surface area contributed by atoms with Crippen molar-refractivity contribution in [3.05, 3.63) is 54.1 Å². The predicted molar refractivity (Wildman–Crippen MR) is 94.7 cm³/mol. The molecule has 0 saturated carbocycles. The third-order valence-electron chi connectivity index (χ3n) is 4.03. The van der Waals surface area contributed by atoms with Crippen molar-refractivity contribution in [1.82, 2.24) is 4.31 Å². The van der Waals surface area contributed by atoms with Gasteiger partial charge in [-0.1, -0.05) is 12.1 Å². The van der Waals surface area contributed by atoms with Crippen LogP contribution < -0.4 is 4.74 Å². The van der Waals surface area contributed by atoms with Crippen LogP contribution in [0.15, 0.2) is 58.4 Å². The van der Waals surface area contributed by atoms with Crippen LogP contribution in [0.3, 0.4) is 0 Å². The Labute approximate surface area is 142 Å². The minimum absolute atomic E-state index is 0.320. The molecule has 1 aliphatic heterocycles. The lowest BCUT2D eigenvalue weighted by Gasteiger charge is -2.15. The van der Waals surface area contributed by atoms with Crippen molar-refractivity contribution in [3.63, 3.8) is 0 Å². The SMILES string of the molecule is COc1ccccc1C=Nc1ccc(S(=O)(=O)N2CCCC2)cc1. The highest BCUT2D eigenvalue weighted by atomic mass is 32.2. The fraction of sp³-hybridized carbons (Fsp3) is 0.278. The van der Waals surface area contributed by atoms with Crippen LogP contribution >= 0.6 is 0 Å². The number of nitrogens with zero attached hydrogens (tertiary/aromatic N) is 2. The number of ether oxygens (including phenoxy) is 1. The Bertz CT molecular complexity index is 824. The monoisotopic (exact) mass is 344 g/mol. The van der Waals surface area contributed by atoms with Crippen LogP contribution in [0.1, 0.15) is 18.4 Å². The number of hydrogen-bond donors (Lipinski definition) is 0. The molecule has 3 rings (SSSR count). The van der Waals surface area contributed by atoms with Crippen LogP contribution in [-0.2, 0) is 10.0 Å². The van der Waals surface area contributed by atoms with Crippen molar-refractivity contribution in [1.29, 1.82) is 0 Å². The van der Waals surface area contributed by atoms with Gasteiger partial charge in [0, 0.05) is 24.9 Å². The summed E-state index contributed by atoms with van der Waals surface area (Å²) in [7, 11) is -1.76. The van der Waals surface area contributed by atoms with Gasteiger partial charge in [0.15, 0.2) is 0 Å². The first-order valence-electron chi connectivity index (χ1n) is 7.88. The van der Waals surface area contributed by atoms with E-state index in [1.807, 2.05) is 24.3 Å². The van der Waals surface area contributed by atoms with Crippen molar-refractivity contribution in [2.75, 3.05) is 20.2 Å². The van der Waals surface area contributed by atoms with E-state index in [4.69, 9.17) is 4.74 Å². The molecule has 0 aromatic heterocycles. The molecule has 1 saturated heterocycles. The van der Waals surface area contributed by atoms with Crippen molar-refractivity contribution in [2.24, 2.45) is 4.99 Å². The van der Waals surface area contributed by atoms with Gasteiger partial charge in [-0.3, -0.25) is 4.99 Å². The Kier molecular flexibility index (Phi) is 4.97. The molecular formula is C18H20N2O3S. The molecule has 6 heteroatoms. The summed E-state index contributed by atoms with van der Waals surface area (Å²) >= 11 is 0. The molecule has 0 N–H and O–H groups in total. The second-order valence-corrected chi connectivity index (χ2v) is 7.54. The normalized spacial score (nSPS) is 15.9. The molecule has 0 aliphatic carbocycles. The molecule has 0 unspecified atom stereocenters. The fourth-order valence-electron chi connectivity index (χ4n) is 2.70. The van der Waals surface area contributed by atoms with Gasteiger partial charge in [-0.05, 0) is 49.2 Å². The number of sulfonamides is 1. The Morgan fingerprint density at radius 2 is 1.71 bits per heavy atom. The summed E-state index contributed by atoms with van der Waals surface area (Å²) < 4.78 is 31.8. The van der Waals surface area contributed by atoms with E-state index in [0.717, 1.165) is 24.2 Å². The molecule has 2 aromatic rings. The molecule has 0 spiro atoms. The van der Waals surface area contributed by atoms with E-state index in [1.165, 1.54) is 0 Å². The lowest BCUT2D eigenvalue weighted by atomic mass is 10.2. The highest BCUT2D eigenvalue weighted by Gasteiger charge is 2.26.